The highest BCUT2D eigenvalue weighted by Crippen LogP contribution is 2.46. The highest BCUT2D eigenvalue weighted by Gasteiger charge is 2.24. The molecule has 0 aliphatic heterocycles. The minimum atomic E-state index is 0.582. The van der Waals surface area contributed by atoms with E-state index in [4.69, 9.17) is 19.4 Å². The number of aromatic nitrogens is 3. The monoisotopic (exact) mass is 722 g/mol. The standard InChI is InChI=1S/C49H30N4OS/c1-4-14-31(15-5-1)47-50-48(32-16-6-2-7-17-32)52-49(51-47)35-27-41-40-26-33-18-10-11-19-34(33)29-43(40)54-46(41)42(28-35)53(36-20-8-3-9-21-36)37-24-25-39-38-22-12-13-23-44(38)55-45(39)30-37/h1-30H. The minimum absolute atomic E-state index is 0.582. The zero-order chi connectivity index (χ0) is 36.3. The van der Waals surface area contributed by atoms with Gasteiger partial charge in [0, 0.05) is 59.0 Å². The Kier molecular flexibility index (Phi) is 7.28. The molecule has 0 N–H and O–H groups in total. The summed E-state index contributed by atoms with van der Waals surface area (Å²) in [6, 6.07) is 63.3. The third-order valence-corrected chi connectivity index (χ3v) is 11.4. The van der Waals surface area contributed by atoms with E-state index in [1.165, 1.54) is 20.2 Å². The lowest BCUT2D eigenvalue weighted by molar-refractivity contribution is 0.669. The van der Waals surface area contributed by atoms with Crippen molar-refractivity contribution in [2.24, 2.45) is 0 Å². The van der Waals surface area contributed by atoms with Crippen molar-refractivity contribution in [3.8, 4) is 34.2 Å². The number of nitrogens with zero attached hydrogens (tertiary/aromatic N) is 4. The van der Waals surface area contributed by atoms with Gasteiger partial charge in [-0.1, -0.05) is 127 Å². The van der Waals surface area contributed by atoms with Crippen LogP contribution in [0.3, 0.4) is 0 Å². The Morgan fingerprint density at radius 2 is 0.982 bits per heavy atom. The van der Waals surface area contributed by atoms with Crippen molar-refractivity contribution < 1.29 is 4.42 Å². The third kappa shape index (κ3) is 5.42. The summed E-state index contributed by atoms with van der Waals surface area (Å²) in [4.78, 5) is 17.6. The van der Waals surface area contributed by atoms with Crippen LogP contribution in [0.25, 0.3) is 87.0 Å². The second-order valence-electron chi connectivity index (χ2n) is 13.7. The van der Waals surface area contributed by atoms with Crippen LogP contribution in [0, 0.1) is 0 Å². The van der Waals surface area contributed by atoms with Crippen molar-refractivity contribution in [3.63, 3.8) is 0 Å². The van der Waals surface area contributed by atoms with Gasteiger partial charge in [-0.2, -0.15) is 0 Å². The lowest BCUT2D eigenvalue weighted by Gasteiger charge is -2.26. The van der Waals surface area contributed by atoms with Gasteiger partial charge in [0.25, 0.3) is 0 Å². The molecule has 0 bridgehead atoms. The molecule has 258 valence electrons. The molecule has 11 aromatic rings. The predicted molar refractivity (Wildman–Crippen MR) is 228 cm³/mol. The van der Waals surface area contributed by atoms with E-state index in [2.05, 4.69) is 126 Å². The smallest absolute Gasteiger partial charge is 0.164 e. The van der Waals surface area contributed by atoms with Gasteiger partial charge >= 0.3 is 0 Å². The minimum Gasteiger partial charge on any atom is -0.454 e. The number of para-hydroxylation sites is 1. The van der Waals surface area contributed by atoms with E-state index < -0.39 is 0 Å². The number of fused-ring (bicyclic) bond motifs is 7. The first-order valence-corrected chi connectivity index (χ1v) is 19.1. The Labute approximate surface area is 320 Å². The molecule has 0 aliphatic rings. The Bertz CT molecular complexity index is 3150. The van der Waals surface area contributed by atoms with Gasteiger partial charge < -0.3 is 9.32 Å². The van der Waals surface area contributed by atoms with Gasteiger partial charge in [-0.3, -0.25) is 0 Å². The topological polar surface area (TPSA) is 55.1 Å². The lowest BCUT2D eigenvalue weighted by atomic mass is 10.0. The summed E-state index contributed by atoms with van der Waals surface area (Å²) in [5.74, 6) is 1.81. The third-order valence-electron chi connectivity index (χ3n) is 10.3. The van der Waals surface area contributed by atoms with Gasteiger partial charge in [-0.15, -0.1) is 11.3 Å². The second-order valence-corrected chi connectivity index (χ2v) is 14.7. The van der Waals surface area contributed by atoms with E-state index in [0.717, 1.165) is 66.5 Å². The highest BCUT2D eigenvalue weighted by atomic mass is 32.1. The van der Waals surface area contributed by atoms with E-state index in [9.17, 15) is 0 Å². The summed E-state index contributed by atoms with van der Waals surface area (Å²) in [6.45, 7) is 0. The van der Waals surface area contributed by atoms with Gasteiger partial charge in [0.15, 0.2) is 23.1 Å². The molecule has 0 atom stereocenters. The molecule has 8 aromatic carbocycles. The first kappa shape index (κ1) is 31.4. The van der Waals surface area contributed by atoms with Gasteiger partial charge in [-0.25, -0.2) is 15.0 Å². The molecule has 55 heavy (non-hydrogen) atoms. The molecular weight excluding hydrogens is 693 g/mol. The summed E-state index contributed by atoms with van der Waals surface area (Å²) in [6.07, 6.45) is 0. The second kappa shape index (κ2) is 12.8. The molecule has 0 amide bonds. The van der Waals surface area contributed by atoms with Crippen molar-refractivity contribution >= 4 is 81.3 Å². The van der Waals surface area contributed by atoms with Crippen molar-refractivity contribution in [1.82, 2.24) is 15.0 Å². The van der Waals surface area contributed by atoms with Crippen LogP contribution in [0.5, 0.6) is 0 Å². The molecule has 0 unspecified atom stereocenters. The van der Waals surface area contributed by atoms with Crippen LogP contribution < -0.4 is 4.90 Å². The number of thiophene rings is 1. The van der Waals surface area contributed by atoms with Gasteiger partial charge in [0.05, 0.1) is 5.69 Å². The Morgan fingerprint density at radius 1 is 0.400 bits per heavy atom. The molecule has 0 aliphatic carbocycles. The Balaban J connectivity index is 1.22. The maximum absolute atomic E-state index is 6.94. The predicted octanol–water partition coefficient (Wildman–Crippen LogP) is 13.8. The first-order chi connectivity index (χ1) is 27.2. The molecule has 0 radical (unpaired) electrons. The molecule has 11 rings (SSSR count). The van der Waals surface area contributed by atoms with Crippen LogP contribution in [0.4, 0.5) is 17.1 Å². The fourth-order valence-corrected chi connectivity index (χ4v) is 8.78. The summed E-state index contributed by atoms with van der Waals surface area (Å²) in [5.41, 5.74) is 7.25. The molecule has 0 spiro atoms. The summed E-state index contributed by atoms with van der Waals surface area (Å²) in [7, 11) is 0. The van der Waals surface area contributed by atoms with Gasteiger partial charge in [0.2, 0.25) is 0 Å². The molecule has 3 heterocycles. The molecule has 0 saturated heterocycles. The van der Waals surface area contributed by atoms with Crippen LogP contribution in [-0.4, -0.2) is 15.0 Å². The maximum atomic E-state index is 6.94. The van der Waals surface area contributed by atoms with Crippen molar-refractivity contribution in [1.29, 1.82) is 0 Å². The molecule has 0 saturated carbocycles. The number of hydrogen-bond acceptors (Lipinski definition) is 6. The average Bonchev–Trinajstić information content (AvgIpc) is 3.81. The SMILES string of the molecule is c1ccc(-c2nc(-c3ccccc3)nc(-c3cc(N(c4ccccc4)c4ccc5c(c4)sc4ccccc45)c4oc5cc6ccccc6cc5c4c3)n2)cc1. The number of rotatable bonds is 6. The van der Waals surface area contributed by atoms with Gasteiger partial charge in [0.1, 0.15) is 5.58 Å². The van der Waals surface area contributed by atoms with Crippen LogP contribution in [-0.2, 0) is 0 Å². The fraction of sp³-hybridized carbons (Fsp3) is 0. The number of hydrogen-bond donors (Lipinski definition) is 0. The molecule has 6 heteroatoms. The number of anilines is 3. The number of furan rings is 1. The maximum Gasteiger partial charge on any atom is 0.164 e. The Morgan fingerprint density at radius 3 is 1.69 bits per heavy atom. The highest BCUT2D eigenvalue weighted by molar-refractivity contribution is 7.25. The van der Waals surface area contributed by atoms with Crippen molar-refractivity contribution in [2.75, 3.05) is 4.90 Å². The quantitative estimate of drug-likeness (QED) is 0.171. The average molecular weight is 723 g/mol. The number of benzene rings is 8. The van der Waals surface area contributed by atoms with E-state index in [1.807, 2.05) is 72.0 Å². The summed E-state index contributed by atoms with van der Waals surface area (Å²) in [5, 5.41) is 6.82. The summed E-state index contributed by atoms with van der Waals surface area (Å²) < 4.78 is 9.43. The van der Waals surface area contributed by atoms with Crippen molar-refractivity contribution in [2.45, 2.75) is 0 Å². The van der Waals surface area contributed by atoms with Crippen LogP contribution in [0.15, 0.2) is 186 Å². The van der Waals surface area contributed by atoms with E-state index in [-0.39, 0.29) is 0 Å². The molecule has 5 nitrogen and oxygen atoms in total. The van der Waals surface area contributed by atoms with Crippen LogP contribution >= 0.6 is 11.3 Å². The zero-order valence-electron chi connectivity index (χ0n) is 29.4. The van der Waals surface area contributed by atoms with E-state index in [0.29, 0.717) is 17.5 Å². The first-order valence-electron chi connectivity index (χ1n) is 18.3. The zero-order valence-corrected chi connectivity index (χ0v) is 30.2. The summed E-state index contributed by atoms with van der Waals surface area (Å²) >= 11 is 1.81. The van der Waals surface area contributed by atoms with Crippen LogP contribution in [0.2, 0.25) is 0 Å². The van der Waals surface area contributed by atoms with Crippen LogP contribution in [0.1, 0.15) is 0 Å². The normalized spacial score (nSPS) is 11.6. The largest absolute Gasteiger partial charge is 0.454 e. The van der Waals surface area contributed by atoms with E-state index >= 15 is 0 Å². The van der Waals surface area contributed by atoms with E-state index in [1.54, 1.807) is 0 Å². The van der Waals surface area contributed by atoms with Crippen molar-refractivity contribution in [3.05, 3.63) is 182 Å². The fourth-order valence-electron chi connectivity index (χ4n) is 7.64. The molecular formula is C49H30N4OS. The molecule has 3 aromatic heterocycles. The van der Waals surface area contributed by atoms with Gasteiger partial charge in [-0.05, 0) is 65.4 Å². The Hall–Kier alpha value is -7.15. The lowest BCUT2D eigenvalue weighted by Crippen LogP contribution is -2.10. The molecule has 0 fully saturated rings.